The second-order valence-electron chi connectivity index (χ2n) is 10.1. The first-order valence-electron chi connectivity index (χ1n) is 13.8. The van der Waals surface area contributed by atoms with E-state index in [0.717, 1.165) is 39.9 Å². The van der Waals surface area contributed by atoms with Crippen LogP contribution < -0.4 is 16.8 Å². The molecular formula is C33H23FN8O2S. The maximum absolute atomic E-state index is 14.3. The second-order valence-corrected chi connectivity index (χ2v) is 11.2. The molecule has 10 nitrogen and oxygen atoms in total. The predicted molar refractivity (Wildman–Crippen MR) is 171 cm³/mol. The summed E-state index contributed by atoms with van der Waals surface area (Å²) >= 11 is 0.936. The number of hydrogen-bond donors (Lipinski definition) is 3. The zero-order valence-electron chi connectivity index (χ0n) is 23.4. The molecule has 2 amide bonds. The van der Waals surface area contributed by atoms with E-state index in [2.05, 4.69) is 15.3 Å². The molecule has 0 aliphatic heterocycles. The Morgan fingerprint density at radius 3 is 2.47 bits per heavy atom. The number of anilines is 1. The predicted octanol–water partition coefficient (Wildman–Crippen LogP) is 5.51. The van der Waals surface area contributed by atoms with E-state index in [1.165, 1.54) is 6.07 Å². The fourth-order valence-corrected chi connectivity index (χ4v) is 5.94. The first kappa shape index (κ1) is 27.8. The molecule has 4 heterocycles. The summed E-state index contributed by atoms with van der Waals surface area (Å²) in [6.07, 6.45) is 1.63. The monoisotopic (exact) mass is 614 g/mol. The molecule has 0 atom stereocenters. The van der Waals surface area contributed by atoms with Crippen LogP contribution in [-0.2, 0) is 6.54 Å². The zero-order chi connectivity index (χ0) is 31.1. The van der Waals surface area contributed by atoms with E-state index >= 15 is 0 Å². The van der Waals surface area contributed by atoms with Gasteiger partial charge >= 0.3 is 0 Å². The maximum Gasteiger partial charge on any atom is 0.277 e. The number of rotatable bonds is 7. The van der Waals surface area contributed by atoms with Gasteiger partial charge in [0.15, 0.2) is 16.5 Å². The van der Waals surface area contributed by atoms with Crippen LogP contribution in [0.1, 0.15) is 25.7 Å². The van der Waals surface area contributed by atoms with Gasteiger partial charge in [-0.1, -0.05) is 42.5 Å². The van der Waals surface area contributed by atoms with Crippen LogP contribution in [0, 0.1) is 5.82 Å². The highest BCUT2D eigenvalue weighted by Crippen LogP contribution is 2.32. The smallest absolute Gasteiger partial charge is 0.277 e. The minimum atomic E-state index is -0.741. The average Bonchev–Trinajstić information content (AvgIpc) is 3.66. The van der Waals surface area contributed by atoms with Gasteiger partial charge in [0.05, 0.1) is 27.0 Å². The lowest BCUT2D eigenvalue weighted by Crippen LogP contribution is -2.23. The number of hydrogen-bond acceptors (Lipinski definition) is 8. The number of fused-ring (bicyclic) bond motifs is 2. The van der Waals surface area contributed by atoms with E-state index in [1.807, 2.05) is 77.4 Å². The summed E-state index contributed by atoms with van der Waals surface area (Å²) in [4.78, 5) is 42.9. The van der Waals surface area contributed by atoms with Crippen molar-refractivity contribution in [2.75, 3.05) is 5.73 Å². The largest absolute Gasteiger partial charge is 0.383 e. The number of carbonyl (C=O) groups is 2. The number of pyridine rings is 2. The quantitative estimate of drug-likeness (QED) is 0.214. The Hall–Kier alpha value is -6.01. The van der Waals surface area contributed by atoms with Crippen LogP contribution in [0.15, 0.2) is 97.2 Å². The zero-order valence-corrected chi connectivity index (χ0v) is 24.3. The molecule has 3 aromatic carbocycles. The van der Waals surface area contributed by atoms with Gasteiger partial charge in [-0.3, -0.25) is 14.2 Å². The molecule has 0 aliphatic rings. The summed E-state index contributed by atoms with van der Waals surface area (Å²) in [5, 5.41) is 2.82. The number of imidazole rings is 1. The molecule has 0 saturated heterocycles. The third-order valence-electron chi connectivity index (χ3n) is 7.22. The van der Waals surface area contributed by atoms with Crippen LogP contribution in [0.25, 0.3) is 49.7 Å². The second kappa shape index (κ2) is 11.2. The summed E-state index contributed by atoms with van der Waals surface area (Å²) < 4.78 is 16.6. The normalized spacial score (nSPS) is 11.2. The maximum atomic E-state index is 14.3. The Labute approximate surface area is 259 Å². The lowest BCUT2D eigenvalue weighted by molar-refractivity contribution is 0.0950. The molecular weight excluding hydrogens is 591 g/mol. The number of aromatic nitrogens is 5. The van der Waals surface area contributed by atoms with Crippen molar-refractivity contribution in [3.05, 3.63) is 119 Å². The third kappa shape index (κ3) is 5.23. The first-order valence-corrected chi connectivity index (χ1v) is 14.6. The van der Waals surface area contributed by atoms with Gasteiger partial charge < -0.3 is 16.8 Å². The van der Waals surface area contributed by atoms with Gasteiger partial charge in [0.2, 0.25) is 0 Å². The Bertz CT molecular complexity index is 2250. The number of nitrogens with two attached hydrogens (primary N) is 2. The van der Waals surface area contributed by atoms with E-state index in [9.17, 15) is 14.0 Å². The highest BCUT2D eigenvalue weighted by atomic mass is 32.1. The van der Waals surface area contributed by atoms with E-state index in [0.29, 0.717) is 33.1 Å². The molecule has 0 saturated carbocycles. The molecule has 220 valence electrons. The highest BCUT2D eigenvalue weighted by molar-refractivity contribution is 7.20. The molecule has 45 heavy (non-hydrogen) atoms. The summed E-state index contributed by atoms with van der Waals surface area (Å²) in [7, 11) is 0. The van der Waals surface area contributed by atoms with Gasteiger partial charge in [0.25, 0.3) is 11.8 Å². The summed E-state index contributed by atoms with van der Waals surface area (Å²) in [5.74, 6) is -0.959. The highest BCUT2D eigenvalue weighted by Gasteiger charge is 2.20. The third-order valence-corrected chi connectivity index (χ3v) is 8.23. The van der Waals surface area contributed by atoms with Crippen LogP contribution in [0.3, 0.4) is 0 Å². The number of nitrogens with one attached hydrogen (secondary N) is 1. The number of thiazole rings is 1. The van der Waals surface area contributed by atoms with Crippen molar-refractivity contribution in [3.8, 4) is 28.3 Å². The van der Waals surface area contributed by atoms with Crippen LogP contribution in [0.5, 0.6) is 0 Å². The van der Waals surface area contributed by atoms with Gasteiger partial charge in [-0.25, -0.2) is 24.3 Å². The van der Waals surface area contributed by atoms with Crippen LogP contribution in [0.4, 0.5) is 10.2 Å². The van der Waals surface area contributed by atoms with Crippen molar-refractivity contribution in [3.63, 3.8) is 0 Å². The number of benzene rings is 3. The summed E-state index contributed by atoms with van der Waals surface area (Å²) in [6.45, 7) is 0.160. The Kier molecular flexibility index (Phi) is 6.95. The van der Waals surface area contributed by atoms with Crippen molar-refractivity contribution in [1.29, 1.82) is 0 Å². The molecule has 0 unspecified atom stereocenters. The molecule has 7 rings (SSSR count). The number of carbonyl (C=O) groups excluding carboxylic acids is 2. The molecule has 0 bridgehead atoms. The summed E-state index contributed by atoms with van der Waals surface area (Å²) in [5.41, 5.74) is 17.2. The standard InChI is InChI=1S/C33H23FN8O2S/c34-20-15-23(27-26(16-20)45-33(41-27)29(36)43)32(44)38-17-18-8-10-21(11-9-18)42-30(22-7-4-14-37-28(22)35)40-25-13-12-24(39-31(25)42)19-5-2-1-3-6-19/h1-16H,17H2,(H2,35,37)(H2,36,43)(H,38,44). The minimum Gasteiger partial charge on any atom is -0.383 e. The molecule has 0 spiro atoms. The van der Waals surface area contributed by atoms with Crippen molar-refractivity contribution in [2.24, 2.45) is 5.73 Å². The number of amides is 2. The molecule has 4 aromatic heterocycles. The van der Waals surface area contributed by atoms with Gasteiger partial charge in [-0.2, -0.15) is 0 Å². The minimum absolute atomic E-state index is 0.00468. The van der Waals surface area contributed by atoms with Gasteiger partial charge in [0.1, 0.15) is 17.2 Å². The molecule has 0 aliphatic carbocycles. The SMILES string of the molecule is NC(=O)c1nc2c(C(=O)NCc3ccc(-n4c(-c5cccnc5N)nc5ccc(-c6ccccc6)nc54)cc3)cc(F)cc2s1. The molecule has 0 fully saturated rings. The van der Waals surface area contributed by atoms with Gasteiger partial charge in [0, 0.05) is 24.0 Å². The summed E-state index contributed by atoms with van der Waals surface area (Å²) in [6, 6.07) is 27.3. The molecule has 5 N–H and O–H groups in total. The van der Waals surface area contributed by atoms with Crippen molar-refractivity contribution in [1.82, 2.24) is 29.8 Å². The first-order chi connectivity index (χ1) is 21.9. The lowest BCUT2D eigenvalue weighted by Gasteiger charge is -2.12. The Morgan fingerprint density at radius 2 is 1.71 bits per heavy atom. The van der Waals surface area contributed by atoms with Gasteiger partial charge in [-0.05, 0) is 54.1 Å². The fourth-order valence-electron chi connectivity index (χ4n) is 5.07. The van der Waals surface area contributed by atoms with Gasteiger partial charge in [-0.15, -0.1) is 11.3 Å². The van der Waals surface area contributed by atoms with Crippen LogP contribution in [0.2, 0.25) is 0 Å². The lowest BCUT2D eigenvalue weighted by atomic mass is 10.1. The molecule has 7 aromatic rings. The van der Waals surface area contributed by atoms with Crippen LogP contribution >= 0.6 is 11.3 Å². The van der Waals surface area contributed by atoms with Crippen molar-refractivity contribution in [2.45, 2.75) is 6.54 Å². The van der Waals surface area contributed by atoms with E-state index in [4.69, 9.17) is 21.4 Å². The fraction of sp³-hybridized carbons (Fsp3) is 0.0303. The number of primary amides is 1. The van der Waals surface area contributed by atoms with E-state index in [1.54, 1.807) is 12.3 Å². The Morgan fingerprint density at radius 1 is 0.911 bits per heavy atom. The van der Waals surface area contributed by atoms with E-state index in [-0.39, 0.29) is 22.6 Å². The number of nitrogen functional groups attached to an aromatic ring is 1. The number of nitrogens with zero attached hydrogens (tertiary/aromatic N) is 5. The van der Waals surface area contributed by atoms with Crippen molar-refractivity contribution >= 4 is 50.3 Å². The van der Waals surface area contributed by atoms with Crippen molar-refractivity contribution < 1.29 is 14.0 Å². The average molecular weight is 615 g/mol. The molecule has 0 radical (unpaired) electrons. The Balaban J connectivity index is 1.22. The van der Waals surface area contributed by atoms with E-state index < -0.39 is 17.6 Å². The topological polar surface area (TPSA) is 155 Å². The molecule has 12 heteroatoms. The van der Waals surface area contributed by atoms with Crippen LogP contribution in [-0.4, -0.2) is 36.3 Å². The number of halogens is 1.